The second-order valence-electron chi connectivity index (χ2n) is 5.67. The molecule has 1 aromatic carbocycles. The standard InChI is InChI=1S/C17H23FN2O3/c1-2-23-17(22)13-7-9-20(10-8-13)12-16(21)19-11-14-5-3-4-6-15(14)18/h3-6,13H,2,7-12H2,1H3,(H,19,21). The van der Waals surface area contributed by atoms with Crippen LogP contribution >= 0.6 is 0 Å². The monoisotopic (exact) mass is 322 g/mol. The molecular formula is C17H23FN2O3. The molecule has 1 aliphatic heterocycles. The number of benzene rings is 1. The zero-order valence-corrected chi connectivity index (χ0v) is 13.4. The van der Waals surface area contributed by atoms with Crippen LogP contribution in [0.15, 0.2) is 24.3 Å². The van der Waals surface area contributed by atoms with Crippen LogP contribution in [0, 0.1) is 11.7 Å². The lowest BCUT2D eigenvalue weighted by atomic mass is 9.97. The van der Waals surface area contributed by atoms with E-state index in [0.29, 0.717) is 38.1 Å². The van der Waals surface area contributed by atoms with E-state index in [2.05, 4.69) is 5.32 Å². The summed E-state index contributed by atoms with van der Waals surface area (Å²) in [4.78, 5) is 25.6. The number of halogens is 1. The molecule has 6 heteroatoms. The number of esters is 1. The van der Waals surface area contributed by atoms with Gasteiger partial charge in [-0.3, -0.25) is 14.5 Å². The molecular weight excluding hydrogens is 299 g/mol. The van der Waals surface area contributed by atoms with Crippen LogP contribution in [0.3, 0.4) is 0 Å². The maximum atomic E-state index is 13.5. The third kappa shape index (κ3) is 5.32. The Balaban J connectivity index is 1.71. The number of carbonyl (C=O) groups excluding carboxylic acids is 2. The largest absolute Gasteiger partial charge is 0.466 e. The minimum Gasteiger partial charge on any atom is -0.466 e. The summed E-state index contributed by atoms with van der Waals surface area (Å²) < 4.78 is 18.5. The van der Waals surface area contributed by atoms with Crippen molar-refractivity contribution in [3.63, 3.8) is 0 Å². The summed E-state index contributed by atoms with van der Waals surface area (Å²) in [5.74, 6) is -0.658. The molecule has 5 nitrogen and oxygen atoms in total. The van der Waals surface area contributed by atoms with E-state index < -0.39 is 0 Å². The van der Waals surface area contributed by atoms with Crippen LogP contribution in [0.1, 0.15) is 25.3 Å². The van der Waals surface area contributed by atoms with E-state index in [1.165, 1.54) is 6.07 Å². The predicted octanol–water partition coefficient (Wildman–Crippen LogP) is 1.72. The van der Waals surface area contributed by atoms with E-state index in [-0.39, 0.29) is 36.7 Å². The third-order valence-electron chi connectivity index (χ3n) is 4.01. The molecule has 0 aromatic heterocycles. The normalized spacial score (nSPS) is 16.1. The zero-order chi connectivity index (χ0) is 16.7. The molecule has 23 heavy (non-hydrogen) atoms. The molecule has 1 aliphatic rings. The Morgan fingerprint density at radius 3 is 2.65 bits per heavy atom. The molecule has 1 heterocycles. The fourth-order valence-corrected chi connectivity index (χ4v) is 2.68. The number of hydrogen-bond donors (Lipinski definition) is 1. The van der Waals surface area contributed by atoms with Crippen molar-refractivity contribution in [2.24, 2.45) is 5.92 Å². The maximum absolute atomic E-state index is 13.5. The van der Waals surface area contributed by atoms with Gasteiger partial charge < -0.3 is 10.1 Å². The van der Waals surface area contributed by atoms with Crippen LogP contribution in [0.2, 0.25) is 0 Å². The van der Waals surface area contributed by atoms with Gasteiger partial charge in [-0.2, -0.15) is 0 Å². The van der Waals surface area contributed by atoms with E-state index in [1.807, 2.05) is 4.90 Å². The van der Waals surface area contributed by atoms with Gasteiger partial charge in [0.05, 0.1) is 19.1 Å². The van der Waals surface area contributed by atoms with Crippen LogP contribution in [0.25, 0.3) is 0 Å². The van der Waals surface area contributed by atoms with Crippen LogP contribution < -0.4 is 5.32 Å². The van der Waals surface area contributed by atoms with E-state index >= 15 is 0 Å². The fourth-order valence-electron chi connectivity index (χ4n) is 2.68. The average Bonchev–Trinajstić information content (AvgIpc) is 2.55. The van der Waals surface area contributed by atoms with Gasteiger partial charge in [-0.25, -0.2) is 4.39 Å². The SMILES string of the molecule is CCOC(=O)C1CCN(CC(=O)NCc2ccccc2F)CC1. The zero-order valence-electron chi connectivity index (χ0n) is 13.4. The summed E-state index contributed by atoms with van der Waals surface area (Å²) in [7, 11) is 0. The molecule has 2 rings (SSSR count). The van der Waals surface area contributed by atoms with E-state index in [4.69, 9.17) is 4.74 Å². The highest BCUT2D eigenvalue weighted by molar-refractivity contribution is 5.78. The lowest BCUT2D eigenvalue weighted by Gasteiger charge is -2.30. The molecule has 0 saturated carbocycles. The lowest BCUT2D eigenvalue weighted by Crippen LogP contribution is -2.42. The first-order valence-corrected chi connectivity index (χ1v) is 7.99. The first-order valence-electron chi connectivity index (χ1n) is 7.99. The number of ether oxygens (including phenoxy) is 1. The van der Waals surface area contributed by atoms with Gasteiger partial charge in [-0.05, 0) is 38.9 Å². The predicted molar refractivity (Wildman–Crippen MR) is 84.0 cm³/mol. The minimum absolute atomic E-state index is 0.0623. The Hall–Kier alpha value is -1.95. The van der Waals surface area contributed by atoms with E-state index in [1.54, 1.807) is 25.1 Å². The van der Waals surface area contributed by atoms with Crippen LogP contribution in [0.5, 0.6) is 0 Å². The van der Waals surface area contributed by atoms with Crippen molar-refractivity contribution < 1.29 is 18.7 Å². The molecule has 1 saturated heterocycles. The van der Waals surface area contributed by atoms with E-state index in [9.17, 15) is 14.0 Å². The number of rotatable bonds is 6. The van der Waals surface area contributed by atoms with Gasteiger partial charge in [0.1, 0.15) is 5.82 Å². The van der Waals surface area contributed by atoms with Crippen LogP contribution in [-0.2, 0) is 20.9 Å². The molecule has 1 aromatic rings. The van der Waals surface area contributed by atoms with E-state index in [0.717, 1.165) is 0 Å². The topological polar surface area (TPSA) is 58.6 Å². The van der Waals surface area contributed by atoms with Crippen molar-refractivity contribution in [3.8, 4) is 0 Å². The third-order valence-corrected chi connectivity index (χ3v) is 4.01. The second-order valence-corrected chi connectivity index (χ2v) is 5.67. The smallest absolute Gasteiger partial charge is 0.309 e. The quantitative estimate of drug-likeness (QED) is 0.810. The first kappa shape index (κ1) is 17.4. The summed E-state index contributed by atoms with van der Waals surface area (Å²) in [5, 5.41) is 2.73. The highest BCUT2D eigenvalue weighted by Crippen LogP contribution is 2.18. The van der Waals surface area contributed by atoms with Crippen molar-refractivity contribution in [1.82, 2.24) is 10.2 Å². The Morgan fingerprint density at radius 1 is 1.30 bits per heavy atom. The van der Waals surface area contributed by atoms with Gasteiger partial charge in [0.25, 0.3) is 0 Å². The minimum atomic E-state index is -0.317. The van der Waals surface area contributed by atoms with Gasteiger partial charge in [0.15, 0.2) is 0 Å². The molecule has 126 valence electrons. The number of hydrogen-bond acceptors (Lipinski definition) is 4. The summed E-state index contributed by atoms with van der Waals surface area (Å²) in [6, 6.07) is 6.39. The number of piperidine rings is 1. The number of nitrogens with one attached hydrogen (secondary N) is 1. The lowest BCUT2D eigenvalue weighted by molar-refractivity contribution is -0.149. The van der Waals surface area contributed by atoms with Gasteiger partial charge >= 0.3 is 5.97 Å². The van der Waals surface area contributed by atoms with Crippen molar-refractivity contribution >= 4 is 11.9 Å². The van der Waals surface area contributed by atoms with Crippen molar-refractivity contribution in [3.05, 3.63) is 35.6 Å². The molecule has 1 N–H and O–H groups in total. The van der Waals surface area contributed by atoms with Crippen molar-refractivity contribution in [2.45, 2.75) is 26.3 Å². The molecule has 0 unspecified atom stereocenters. The molecule has 0 spiro atoms. The molecule has 0 bridgehead atoms. The van der Waals surface area contributed by atoms with Gasteiger partial charge in [0, 0.05) is 12.1 Å². The molecule has 0 aliphatic carbocycles. The summed E-state index contributed by atoms with van der Waals surface area (Å²) in [6.45, 7) is 4.03. The highest BCUT2D eigenvalue weighted by Gasteiger charge is 2.26. The molecule has 1 amide bonds. The van der Waals surface area contributed by atoms with Gasteiger partial charge in [-0.15, -0.1) is 0 Å². The van der Waals surface area contributed by atoms with Crippen LogP contribution in [-0.4, -0.2) is 43.0 Å². The van der Waals surface area contributed by atoms with Crippen molar-refractivity contribution in [2.75, 3.05) is 26.2 Å². The molecule has 1 fully saturated rings. The Morgan fingerprint density at radius 2 is 2.00 bits per heavy atom. The van der Waals surface area contributed by atoms with Gasteiger partial charge in [-0.1, -0.05) is 18.2 Å². The Kier molecular flexibility index (Phi) is 6.52. The summed E-state index contributed by atoms with van der Waals surface area (Å²) in [6.07, 6.45) is 1.42. The number of carbonyl (C=O) groups is 2. The van der Waals surface area contributed by atoms with Gasteiger partial charge in [0.2, 0.25) is 5.91 Å². The maximum Gasteiger partial charge on any atom is 0.309 e. The Labute approximate surface area is 135 Å². The molecule has 0 atom stereocenters. The average molecular weight is 322 g/mol. The summed E-state index contributed by atoms with van der Waals surface area (Å²) in [5.41, 5.74) is 0.474. The van der Waals surface area contributed by atoms with Crippen molar-refractivity contribution in [1.29, 1.82) is 0 Å². The second kappa shape index (κ2) is 8.62. The number of nitrogens with zero attached hydrogens (tertiary/aromatic N) is 1. The Bertz CT molecular complexity index is 542. The molecule has 0 radical (unpaired) electrons. The number of amides is 1. The van der Waals surface area contributed by atoms with Crippen LogP contribution in [0.4, 0.5) is 4.39 Å². The number of likely N-dealkylation sites (tertiary alicyclic amines) is 1. The first-order chi connectivity index (χ1) is 11.1. The summed E-state index contributed by atoms with van der Waals surface area (Å²) >= 11 is 0. The highest BCUT2D eigenvalue weighted by atomic mass is 19.1. The fraction of sp³-hybridized carbons (Fsp3) is 0.529.